The third-order valence-corrected chi connectivity index (χ3v) is 7.76. The second-order valence-corrected chi connectivity index (χ2v) is 10.0. The molecule has 0 N–H and O–H groups in total. The van der Waals surface area contributed by atoms with Gasteiger partial charge in [-0.25, -0.2) is 14.8 Å². The predicted molar refractivity (Wildman–Crippen MR) is 135 cm³/mol. The summed E-state index contributed by atoms with van der Waals surface area (Å²) in [6, 6.07) is 11.9. The van der Waals surface area contributed by atoms with Crippen molar-refractivity contribution in [3.8, 4) is 10.6 Å². The van der Waals surface area contributed by atoms with Crippen LogP contribution in [-0.2, 0) is 22.4 Å². The summed E-state index contributed by atoms with van der Waals surface area (Å²) in [6.07, 6.45) is 4.39. The fraction of sp³-hybridized carbons (Fsp3) is 0.370. The molecule has 6 rings (SSSR count). The Kier molecular flexibility index (Phi) is 5.37. The summed E-state index contributed by atoms with van der Waals surface area (Å²) in [4.78, 5) is 24.5. The van der Waals surface area contributed by atoms with Crippen LogP contribution in [0.3, 0.4) is 0 Å². The maximum atomic E-state index is 12.4. The number of hydrogen-bond acceptors (Lipinski definition) is 7. The highest BCUT2D eigenvalue weighted by Gasteiger charge is 2.27. The Balaban J connectivity index is 1.61. The van der Waals surface area contributed by atoms with Crippen LogP contribution in [0.2, 0.25) is 0 Å². The van der Waals surface area contributed by atoms with E-state index in [2.05, 4.69) is 23.1 Å². The minimum absolute atomic E-state index is 0.324. The molecule has 0 fully saturated rings. The molecule has 4 heterocycles. The average molecular weight is 474 g/mol. The van der Waals surface area contributed by atoms with Gasteiger partial charge in [0.05, 0.1) is 22.4 Å². The Morgan fingerprint density at radius 1 is 1.24 bits per heavy atom. The van der Waals surface area contributed by atoms with E-state index in [-0.39, 0.29) is 5.97 Å². The van der Waals surface area contributed by atoms with Gasteiger partial charge in [-0.05, 0) is 69.4 Å². The molecular weight excluding hydrogens is 446 g/mol. The lowest BCUT2D eigenvalue weighted by Crippen LogP contribution is -2.34. The number of aromatic nitrogens is 1. The van der Waals surface area contributed by atoms with Gasteiger partial charge in [0, 0.05) is 29.7 Å². The van der Waals surface area contributed by atoms with Gasteiger partial charge in [-0.2, -0.15) is 0 Å². The molecule has 2 aromatic carbocycles. The molecule has 0 bridgehead atoms. The molecule has 0 radical (unpaired) electrons. The van der Waals surface area contributed by atoms with Crippen LogP contribution < -0.4 is 10.5 Å². The lowest BCUT2D eigenvalue weighted by molar-refractivity contribution is -0.144. The fourth-order valence-corrected chi connectivity index (χ4v) is 6.15. The zero-order valence-corrected chi connectivity index (χ0v) is 20.3. The van der Waals surface area contributed by atoms with Crippen molar-refractivity contribution in [1.82, 2.24) is 4.98 Å². The van der Waals surface area contributed by atoms with Crippen molar-refractivity contribution in [2.45, 2.75) is 45.6 Å². The predicted octanol–water partition coefficient (Wildman–Crippen LogP) is 5.26. The molecule has 0 unspecified atom stereocenters. The Hall–Kier alpha value is -3.19. The zero-order chi connectivity index (χ0) is 23.2. The van der Waals surface area contributed by atoms with E-state index in [0.717, 1.165) is 64.1 Å². The van der Waals surface area contributed by atoms with Gasteiger partial charge in [-0.3, -0.25) is 0 Å². The van der Waals surface area contributed by atoms with Gasteiger partial charge in [-0.1, -0.05) is 12.1 Å². The van der Waals surface area contributed by atoms with Gasteiger partial charge in [-0.15, -0.1) is 11.3 Å². The van der Waals surface area contributed by atoms with Crippen molar-refractivity contribution in [2.75, 3.05) is 24.6 Å². The molecule has 7 heteroatoms. The van der Waals surface area contributed by atoms with Crippen molar-refractivity contribution in [3.63, 3.8) is 0 Å². The third-order valence-electron chi connectivity index (χ3n) is 6.69. The van der Waals surface area contributed by atoms with Crippen molar-refractivity contribution in [2.24, 2.45) is 4.99 Å². The molecule has 0 saturated heterocycles. The summed E-state index contributed by atoms with van der Waals surface area (Å²) in [5, 5.41) is 1.92. The van der Waals surface area contributed by atoms with E-state index in [4.69, 9.17) is 19.1 Å². The smallest absolute Gasteiger partial charge is 0.330 e. The van der Waals surface area contributed by atoms with E-state index < -0.39 is 6.04 Å². The van der Waals surface area contributed by atoms with Gasteiger partial charge in [0.15, 0.2) is 0 Å². The van der Waals surface area contributed by atoms with Crippen LogP contribution in [-0.4, -0.2) is 36.7 Å². The molecule has 2 aromatic heterocycles. The van der Waals surface area contributed by atoms with Crippen molar-refractivity contribution >= 4 is 44.2 Å². The molecule has 34 heavy (non-hydrogen) atoms. The van der Waals surface area contributed by atoms with Crippen LogP contribution in [0.15, 0.2) is 45.8 Å². The van der Waals surface area contributed by atoms with Crippen molar-refractivity contribution in [1.29, 1.82) is 0 Å². The average Bonchev–Trinajstić information content (AvgIpc) is 3.28. The number of ether oxygens (including phenoxy) is 1. The van der Waals surface area contributed by atoms with Crippen LogP contribution in [0.25, 0.3) is 31.8 Å². The first-order valence-electron chi connectivity index (χ1n) is 12.1. The molecule has 0 amide bonds. The van der Waals surface area contributed by atoms with Crippen LogP contribution in [0.1, 0.15) is 37.8 Å². The van der Waals surface area contributed by atoms with E-state index in [1.807, 2.05) is 18.2 Å². The van der Waals surface area contributed by atoms with Gasteiger partial charge >= 0.3 is 5.97 Å². The maximum Gasteiger partial charge on any atom is 0.330 e. The summed E-state index contributed by atoms with van der Waals surface area (Å²) in [5.74, 6) is -0.356. The molecule has 6 nitrogen and oxygen atoms in total. The number of rotatable bonds is 4. The highest BCUT2D eigenvalue weighted by atomic mass is 32.1. The molecule has 0 aliphatic carbocycles. The number of fused-ring (bicyclic) bond motifs is 3. The second kappa shape index (κ2) is 8.55. The first-order chi connectivity index (χ1) is 16.6. The summed E-state index contributed by atoms with van der Waals surface area (Å²) < 4.78 is 12.9. The Morgan fingerprint density at radius 3 is 2.88 bits per heavy atom. The number of nitrogens with zero attached hydrogens (tertiary/aromatic N) is 3. The molecule has 0 saturated carbocycles. The molecule has 2 aliphatic heterocycles. The molecular formula is C27H27N3O3S. The highest BCUT2D eigenvalue weighted by molar-refractivity contribution is 7.21. The van der Waals surface area contributed by atoms with Gasteiger partial charge < -0.3 is 14.1 Å². The normalized spacial score (nSPS) is 16.6. The first-order valence-corrected chi connectivity index (χ1v) is 12.9. The SMILES string of the molecule is CCOC(=O)[C@H](C)N=c1oc2c3c4c(cc2cc1-c1nc2ccccc2s1)CCCN4CCC3. The number of carbonyl (C=O) groups is 1. The lowest BCUT2D eigenvalue weighted by Gasteiger charge is -2.37. The number of thiazole rings is 1. The summed E-state index contributed by atoms with van der Waals surface area (Å²) in [5.41, 5.74) is 7.12. The second-order valence-electron chi connectivity index (χ2n) is 8.98. The number of anilines is 1. The number of esters is 1. The topological polar surface area (TPSA) is 67.9 Å². The Bertz CT molecular complexity index is 1450. The van der Waals surface area contributed by atoms with E-state index in [1.54, 1.807) is 25.2 Å². The van der Waals surface area contributed by atoms with E-state index in [0.29, 0.717) is 12.2 Å². The minimum atomic E-state index is -0.667. The van der Waals surface area contributed by atoms with Crippen molar-refractivity contribution < 1.29 is 13.9 Å². The Morgan fingerprint density at radius 2 is 2.06 bits per heavy atom. The van der Waals surface area contributed by atoms with Crippen LogP contribution in [0, 0.1) is 0 Å². The molecule has 0 spiro atoms. The quantitative estimate of drug-likeness (QED) is 0.378. The number of aryl methyl sites for hydroxylation is 2. The van der Waals surface area contributed by atoms with E-state index in [1.165, 1.54) is 23.2 Å². The molecule has 2 aliphatic rings. The van der Waals surface area contributed by atoms with E-state index in [9.17, 15) is 4.79 Å². The monoisotopic (exact) mass is 473 g/mol. The molecule has 1 atom stereocenters. The highest BCUT2D eigenvalue weighted by Crippen LogP contribution is 2.40. The minimum Gasteiger partial charge on any atom is -0.464 e. The summed E-state index contributed by atoms with van der Waals surface area (Å²) >= 11 is 1.61. The summed E-state index contributed by atoms with van der Waals surface area (Å²) in [7, 11) is 0. The standard InChI is InChI=1S/C27H27N3O3S/c1-3-32-27(31)16(2)28-25-20(26-29-21-10-4-5-11-22(21)34-26)15-18-14-17-8-6-12-30-13-7-9-19(23(17)30)24(18)33-25/h4-5,10-11,14-16H,3,6-9,12-13H2,1-2H3/t16-/m0/s1. The summed E-state index contributed by atoms with van der Waals surface area (Å²) in [6.45, 7) is 6.08. The zero-order valence-electron chi connectivity index (χ0n) is 19.5. The molecule has 4 aromatic rings. The van der Waals surface area contributed by atoms with Crippen molar-refractivity contribution in [3.05, 3.63) is 53.1 Å². The van der Waals surface area contributed by atoms with Crippen LogP contribution in [0.4, 0.5) is 5.69 Å². The molecule has 174 valence electrons. The van der Waals surface area contributed by atoms with Crippen LogP contribution >= 0.6 is 11.3 Å². The van der Waals surface area contributed by atoms with Gasteiger partial charge in [0.25, 0.3) is 0 Å². The number of benzene rings is 2. The number of hydrogen-bond donors (Lipinski definition) is 0. The lowest BCUT2D eigenvalue weighted by atomic mass is 9.90. The first kappa shape index (κ1) is 21.4. The number of carbonyl (C=O) groups excluding carboxylic acids is 1. The van der Waals surface area contributed by atoms with Gasteiger partial charge in [0.1, 0.15) is 16.6 Å². The maximum absolute atomic E-state index is 12.4. The third kappa shape index (κ3) is 3.59. The van der Waals surface area contributed by atoms with Gasteiger partial charge in [0.2, 0.25) is 5.55 Å². The van der Waals surface area contributed by atoms with Crippen LogP contribution in [0.5, 0.6) is 0 Å². The fourth-order valence-electron chi connectivity index (χ4n) is 5.18. The largest absolute Gasteiger partial charge is 0.464 e. The van der Waals surface area contributed by atoms with E-state index >= 15 is 0 Å². The number of para-hydroxylation sites is 1. The Labute approximate surface area is 201 Å².